The van der Waals surface area contributed by atoms with Crippen molar-refractivity contribution in [2.24, 2.45) is 7.05 Å². The number of carbonyl (C=O) groups excluding carboxylic acids is 1. The summed E-state index contributed by atoms with van der Waals surface area (Å²) in [5.41, 5.74) is 4.09. The Morgan fingerprint density at radius 2 is 2.12 bits per heavy atom. The minimum Gasteiger partial charge on any atom is -0.331 e. The van der Waals surface area contributed by atoms with Crippen LogP contribution in [0.2, 0.25) is 0 Å². The maximum absolute atomic E-state index is 12.1. The third kappa shape index (κ3) is 2.44. The summed E-state index contributed by atoms with van der Waals surface area (Å²) in [6.45, 7) is 4.07. The zero-order valence-electron chi connectivity index (χ0n) is 10.4. The summed E-state index contributed by atoms with van der Waals surface area (Å²) in [4.78, 5) is 16.1. The Hall–Kier alpha value is -1.90. The number of nitrogens with zero attached hydrogens (tertiary/aromatic N) is 2. The molecular formula is C14H16N2O. The molecule has 88 valence electrons. The Morgan fingerprint density at radius 1 is 1.35 bits per heavy atom. The molecule has 0 atom stereocenters. The SMILES string of the molecule is Cc1ccc(C)c(CC(=O)c2cncn2C)c1. The molecule has 2 rings (SSSR count). The van der Waals surface area contributed by atoms with E-state index in [2.05, 4.69) is 23.2 Å². The van der Waals surface area contributed by atoms with Crippen LogP contribution >= 0.6 is 0 Å². The molecule has 1 heterocycles. The van der Waals surface area contributed by atoms with Crippen LogP contribution in [0.3, 0.4) is 0 Å². The maximum Gasteiger partial charge on any atom is 0.185 e. The fourth-order valence-corrected chi connectivity index (χ4v) is 1.88. The highest BCUT2D eigenvalue weighted by molar-refractivity contribution is 5.96. The molecule has 17 heavy (non-hydrogen) atoms. The maximum atomic E-state index is 12.1. The Morgan fingerprint density at radius 3 is 2.76 bits per heavy atom. The molecule has 1 aromatic heterocycles. The van der Waals surface area contributed by atoms with Gasteiger partial charge in [0.1, 0.15) is 5.69 Å². The highest BCUT2D eigenvalue weighted by Crippen LogP contribution is 2.13. The van der Waals surface area contributed by atoms with E-state index in [0.29, 0.717) is 12.1 Å². The number of hydrogen-bond donors (Lipinski definition) is 0. The number of Topliss-reactive ketones (excluding diaryl/α,β-unsaturated/α-hetero) is 1. The number of ketones is 1. The van der Waals surface area contributed by atoms with Gasteiger partial charge in [0.2, 0.25) is 0 Å². The van der Waals surface area contributed by atoms with E-state index in [4.69, 9.17) is 0 Å². The number of aromatic nitrogens is 2. The first-order valence-electron chi connectivity index (χ1n) is 5.63. The van der Waals surface area contributed by atoms with E-state index < -0.39 is 0 Å². The third-order valence-electron chi connectivity index (χ3n) is 2.96. The van der Waals surface area contributed by atoms with Crippen molar-refractivity contribution >= 4 is 5.78 Å². The van der Waals surface area contributed by atoms with Crippen molar-refractivity contribution in [3.05, 3.63) is 53.1 Å². The van der Waals surface area contributed by atoms with Crippen molar-refractivity contribution in [2.75, 3.05) is 0 Å². The van der Waals surface area contributed by atoms with Gasteiger partial charge in [-0.15, -0.1) is 0 Å². The first-order valence-corrected chi connectivity index (χ1v) is 5.63. The van der Waals surface area contributed by atoms with Crippen LogP contribution in [-0.2, 0) is 13.5 Å². The van der Waals surface area contributed by atoms with Gasteiger partial charge in [0.15, 0.2) is 5.78 Å². The number of imidazole rings is 1. The molecule has 2 aromatic rings. The van der Waals surface area contributed by atoms with Crippen molar-refractivity contribution in [1.29, 1.82) is 0 Å². The largest absolute Gasteiger partial charge is 0.331 e. The summed E-state index contributed by atoms with van der Waals surface area (Å²) in [6, 6.07) is 6.19. The summed E-state index contributed by atoms with van der Waals surface area (Å²) in [6.07, 6.45) is 3.71. The van der Waals surface area contributed by atoms with Crippen molar-refractivity contribution in [3.8, 4) is 0 Å². The van der Waals surface area contributed by atoms with Crippen LogP contribution in [0.15, 0.2) is 30.7 Å². The predicted octanol–water partition coefficient (Wildman–Crippen LogP) is 2.46. The lowest BCUT2D eigenvalue weighted by molar-refractivity contribution is 0.0985. The standard InChI is InChI=1S/C14H16N2O/c1-10-4-5-11(2)12(6-10)7-14(17)13-8-15-9-16(13)3/h4-6,8-9H,7H2,1-3H3. The van der Waals surface area contributed by atoms with E-state index in [0.717, 1.165) is 11.1 Å². The van der Waals surface area contributed by atoms with Gasteiger partial charge < -0.3 is 4.57 Å². The van der Waals surface area contributed by atoms with Crippen molar-refractivity contribution < 1.29 is 4.79 Å². The molecule has 0 saturated carbocycles. The molecule has 1 aromatic carbocycles. The summed E-state index contributed by atoms with van der Waals surface area (Å²) in [5.74, 6) is 0.110. The Bertz CT molecular complexity index is 555. The van der Waals surface area contributed by atoms with Crippen LogP contribution in [0.4, 0.5) is 0 Å². The second-order valence-corrected chi connectivity index (χ2v) is 4.42. The van der Waals surface area contributed by atoms with Gasteiger partial charge in [-0.1, -0.05) is 23.8 Å². The minimum absolute atomic E-state index is 0.110. The topological polar surface area (TPSA) is 34.9 Å². The first-order chi connectivity index (χ1) is 8.08. The molecule has 0 bridgehead atoms. The lowest BCUT2D eigenvalue weighted by atomic mass is 10.00. The number of hydrogen-bond acceptors (Lipinski definition) is 2. The predicted molar refractivity (Wildman–Crippen MR) is 67.2 cm³/mol. The summed E-state index contributed by atoms with van der Waals surface area (Å²) in [7, 11) is 1.84. The zero-order valence-corrected chi connectivity index (χ0v) is 10.4. The molecule has 0 unspecified atom stereocenters. The second kappa shape index (κ2) is 4.53. The first kappa shape index (κ1) is 11.6. The van der Waals surface area contributed by atoms with Crippen LogP contribution in [0.25, 0.3) is 0 Å². The monoisotopic (exact) mass is 228 g/mol. The number of benzene rings is 1. The Labute approximate surface area is 101 Å². The van der Waals surface area contributed by atoms with E-state index >= 15 is 0 Å². The molecule has 0 aliphatic heterocycles. The minimum atomic E-state index is 0.110. The van der Waals surface area contributed by atoms with Crippen LogP contribution in [0.5, 0.6) is 0 Å². The van der Waals surface area contributed by atoms with Crippen molar-refractivity contribution in [3.63, 3.8) is 0 Å². The molecule has 0 amide bonds. The average molecular weight is 228 g/mol. The fourth-order valence-electron chi connectivity index (χ4n) is 1.88. The number of aryl methyl sites for hydroxylation is 3. The average Bonchev–Trinajstić information content (AvgIpc) is 2.70. The molecular weight excluding hydrogens is 212 g/mol. The van der Waals surface area contributed by atoms with Gasteiger partial charge in [-0.25, -0.2) is 4.98 Å². The molecule has 0 N–H and O–H groups in total. The van der Waals surface area contributed by atoms with Crippen LogP contribution < -0.4 is 0 Å². The number of carbonyl (C=O) groups is 1. The van der Waals surface area contributed by atoms with E-state index in [1.54, 1.807) is 17.1 Å². The molecule has 0 spiro atoms. The van der Waals surface area contributed by atoms with Crippen LogP contribution in [0, 0.1) is 13.8 Å². The quantitative estimate of drug-likeness (QED) is 0.756. The third-order valence-corrected chi connectivity index (χ3v) is 2.96. The molecule has 3 nitrogen and oxygen atoms in total. The van der Waals surface area contributed by atoms with E-state index in [1.165, 1.54) is 5.56 Å². The van der Waals surface area contributed by atoms with Gasteiger partial charge >= 0.3 is 0 Å². The highest BCUT2D eigenvalue weighted by Gasteiger charge is 2.12. The van der Waals surface area contributed by atoms with Gasteiger partial charge in [-0.05, 0) is 25.0 Å². The number of rotatable bonds is 3. The molecule has 0 saturated heterocycles. The molecule has 0 fully saturated rings. The van der Waals surface area contributed by atoms with E-state index in [1.807, 2.05) is 20.9 Å². The van der Waals surface area contributed by atoms with E-state index in [9.17, 15) is 4.79 Å². The van der Waals surface area contributed by atoms with Crippen LogP contribution in [0.1, 0.15) is 27.2 Å². The summed E-state index contributed by atoms with van der Waals surface area (Å²) >= 11 is 0. The van der Waals surface area contributed by atoms with Gasteiger partial charge in [-0.2, -0.15) is 0 Å². The van der Waals surface area contributed by atoms with E-state index in [-0.39, 0.29) is 5.78 Å². The van der Waals surface area contributed by atoms with Crippen LogP contribution in [-0.4, -0.2) is 15.3 Å². The molecule has 0 radical (unpaired) electrons. The highest BCUT2D eigenvalue weighted by atomic mass is 16.1. The van der Waals surface area contributed by atoms with Gasteiger partial charge in [-0.3, -0.25) is 4.79 Å². The molecule has 0 aliphatic rings. The zero-order chi connectivity index (χ0) is 12.4. The van der Waals surface area contributed by atoms with Gasteiger partial charge in [0.25, 0.3) is 0 Å². The summed E-state index contributed by atoms with van der Waals surface area (Å²) in [5, 5.41) is 0. The lowest BCUT2D eigenvalue weighted by Crippen LogP contribution is -2.09. The van der Waals surface area contributed by atoms with Crippen molar-refractivity contribution in [2.45, 2.75) is 20.3 Å². The summed E-state index contributed by atoms with van der Waals surface area (Å²) < 4.78 is 1.76. The fraction of sp³-hybridized carbons (Fsp3) is 0.286. The van der Waals surface area contributed by atoms with Crippen molar-refractivity contribution in [1.82, 2.24) is 9.55 Å². The van der Waals surface area contributed by atoms with Gasteiger partial charge in [0.05, 0.1) is 12.5 Å². The molecule has 3 heteroatoms. The van der Waals surface area contributed by atoms with Gasteiger partial charge in [0, 0.05) is 13.5 Å². The molecule has 0 aliphatic carbocycles. The Kier molecular flexibility index (Phi) is 3.09. The second-order valence-electron chi connectivity index (χ2n) is 4.42. The smallest absolute Gasteiger partial charge is 0.185 e. The lowest BCUT2D eigenvalue weighted by Gasteiger charge is -2.06. The normalized spacial score (nSPS) is 10.5. The Balaban J connectivity index is 2.24.